The summed E-state index contributed by atoms with van der Waals surface area (Å²) in [5.41, 5.74) is 5.92. The van der Waals surface area contributed by atoms with Crippen LogP contribution in [0.15, 0.2) is 41.8 Å². The van der Waals surface area contributed by atoms with Crippen LogP contribution in [0.3, 0.4) is 0 Å². The number of aromatic nitrogens is 1. The maximum atomic E-state index is 11.1. The zero-order chi connectivity index (χ0) is 25.7. The average molecular weight is 508 g/mol. The van der Waals surface area contributed by atoms with Crippen LogP contribution in [0.4, 0.5) is 0 Å². The van der Waals surface area contributed by atoms with Crippen molar-refractivity contribution in [3.05, 3.63) is 64.2 Å². The van der Waals surface area contributed by atoms with Gasteiger partial charge in [0.25, 0.3) is 0 Å². The number of aliphatic carboxylic acids is 1. The molecule has 3 aromatic rings. The van der Waals surface area contributed by atoms with Crippen LogP contribution in [-0.2, 0) is 23.1 Å². The number of carboxylic acids is 1. The third-order valence-electron chi connectivity index (χ3n) is 6.65. The molecule has 1 aliphatic carbocycles. The lowest BCUT2D eigenvalue weighted by Gasteiger charge is -2.15. The fourth-order valence-corrected chi connectivity index (χ4v) is 5.74. The third-order valence-corrected chi connectivity index (χ3v) is 7.54. The standard InChI is InChI=1S/C30H37NO4S/c1-5-7-22-16-23(29-31-27(19-36-29)30(2,3)4)10-13-26(22)35-15-6-14-34-24-11-12-25-20(17-24)8-9-21(25)18-28(32)33/h10-13,16-17,19,21H,5-9,14-15,18H2,1-4H3,(H,32,33)/t21-/m1/s1. The van der Waals surface area contributed by atoms with Crippen LogP contribution in [-0.4, -0.2) is 29.3 Å². The van der Waals surface area contributed by atoms with E-state index in [0.29, 0.717) is 13.2 Å². The molecule has 5 nitrogen and oxygen atoms in total. The molecule has 1 heterocycles. The molecular formula is C30H37NO4S. The van der Waals surface area contributed by atoms with Crippen molar-refractivity contribution >= 4 is 17.3 Å². The van der Waals surface area contributed by atoms with Gasteiger partial charge in [-0.25, -0.2) is 4.98 Å². The molecular weight excluding hydrogens is 470 g/mol. The summed E-state index contributed by atoms with van der Waals surface area (Å²) >= 11 is 1.70. The molecule has 0 saturated carbocycles. The first-order chi connectivity index (χ1) is 17.2. The Morgan fingerprint density at radius 2 is 1.94 bits per heavy atom. The molecule has 0 unspecified atom stereocenters. The van der Waals surface area contributed by atoms with Crippen LogP contribution in [0.25, 0.3) is 10.6 Å². The largest absolute Gasteiger partial charge is 0.493 e. The number of fused-ring (bicyclic) bond motifs is 1. The molecule has 4 rings (SSSR count). The Kier molecular flexibility index (Phi) is 8.35. The first kappa shape index (κ1) is 26.2. The highest BCUT2D eigenvalue weighted by molar-refractivity contribution is 7.13. The van der Waals surface area contributed by atoms with Crippen molar-refractivity contribution in [3.63, 3.8) is 0 Å². The van der Waals surface area contributed by atoms with Crippen molar-refractivity contribution in [3.8, 4) is 22.1 Å². The lowest BCUT2D eigenvalue weighted by atomic mass is 9.93. The molecule has 0 saturated heterocycles. The number of nitrogens with zero attached hydrogens (tertiary/aromatic N) is 1. The van der Waals surface area contributed by atoms with Crippen molar-refractivity contribution in [1.82, 2.24) is 4.98 Å². The highest BCUT2D eigenvalue weighted by Crippen LogP contribution is 2.37. The number of carboxylic acid groups (broad SMARTS) is 1. The second kappa shape index (κ2) is 11.5. The van der Waals surface area contributed by atoms with E-state index in [0.717, 1.165) is 65.4 Å². The number of ether oxygens (including phenoxy) is 2. The highest BCUT2D eigenvalue weighted by Gasteiger charge is 2.25. The van der Waals surface area contributed by atoms with Gasteiger partial charge in [0.15, 0.2) is 0 Å². The first-order valence-electron chi connectivity index (χ1n) is 12.9. The van der Waals surface area contributed by atoms with E-state index in [2.05, 4.69) is 57.3 Å². The number of thiazole rings is 1. The fourth-order valence-electron chi connectivity index (χ4n) is 4.69. The van der Waals surface area contributed by atoms with Gasteiger partial charge in [0.05, 0.1) is 25.3 Å². The predicted molar refractivity (Wildman–Crippen MR) is 146 cm³/mol. The number of carbonyl (C=O) groups is 1. The summed E-state index contributed by atoms with van der Waals surface area (Å²) < 4.78 is 12.1. The summed E-state index contributed by atoms with van der Waals surface area (Å²) in [6.07, 6.45) is 4.83. The lowest BCUT2D eigenvalue weighted by molar-refractivity contribution is -0.137. The summed E-state index contributed by atoms with van der Waals surface area (Å²) in [6.45, 7) is 9.93. The number of benzene rings is 2. The summed E-state index contributed by atoms with van der Waals surface area (Å²) in [5, 5.41) is 12.3. The second-order valence-electron chi connectivity index (χ2n) is 10.6. The zero-order valence-corrected chi connectivity index (χ0v) is 22.6. The van der Waals surface area contributed by atoms with Crippen LogP contribution in [0.5, 0.6) is 11.5 Å². The monoisotopic (exact) mass is 507 g/mol. The minimum Gasteiger partial charge on any atom is -0.493 e. The van der Waals surface area contributed by atoms with Gasteiger partial charge < -0.3 is 14.6 Å². The minimum atomic E-state index is -0.734. The van der Waals surface area contributed by atoms with Gasteiger partial charge in [-0.3, -0.25) is 4.79 Å². The predicted octanol–water partition coefficient (Wildman–Crippen LogP) is 7.41. The molecule has 0 bridgehead atoms. The zero-order valence-electron chi connectivity index (χ0n) is 21.8. The number of rotatable bonds is 11. The van der Waals surface area contributed by atoms with Crippen molar-refractivity contribution < 1.29 is 19.4 Å². The Morgan fingerprint density at radius 1 is 1.14 bits per heavy atom. The number of hydrogen-bond acceptors (Lipinski definition) is 5. The second-order valence-corrected chi connectivity index (χ2v) is 11.5. The molecule has 1 aromatic heterocycles. The van der Waals surface area contributed by atoms with Crippen molar-refractivity contribution in [2.24, 2.45) is 0 Å². The molecule has 6 heteroatoms. The molecule has 36 heavy (non-hydrogen) atoms. The van der Waals surface area contributed by atoms with Gasteiger partial charge in [-0.1, -0.05) is 40.2 Å². The first-order valence-corrected chi connectivity index (χ1v) is 13.8. The van der Waals surface area contributed by atoms with E-state index in [1.165, 1.54) is 11.1 Å². The Morgan fingerprint density at radius 3 is 2.67 bits per heavy atom. The van der Waals surface area contributed by atoms with E-state index in [9.17, 15) is 4.79 Å². The van der Waals surface area contributed by atoms with E-state index in [1.54, 1.807) is 11.3 Å². The van der Waals surface area contributed by atoms with Crippen LogP contribution in [0.1, 0.15) is 81.7 Å². The molecule has 1 aliphatic rings. The lowest BCUT2D eigenvalue weighted by Crippen LogP contribution is -2.11. The maximum Gasteiger partial charge on any atom is 0.303 e. The minimum absolute atomic E-state index is 0.0503. The van der Waals surface area contributed by atoms with Gasteiger partial charge in [-0.2, -0.15) is 0 Å². The van der Waals surface area contributed by atoms with Crippen LogP contribution in [0.2, 0.25) is 0 Å². The SMILES string of the molecule is CCCc1cc(-c2nc(C(C)(C)C)cs2)ccc1OCCCOc1ccc2c(c1)CC[C@@H]2CC(=O)O. The van der Waals surface area contributed by atoms with Gasteiger partial charge in [0.1, 0.15) is 16.5 Å². The van der Waals surface area contributed by atoms with E-state index in [-0.39, 0.29) is 17.8 Å². The summed E-state index contributed by atoms with van der Waals surface area (Å²) in [6, 6.07) is 12.5. The molecule has 0 radical (unpaired) electrons. The molecule has 192 valence electrons. The van der Waals surface area contributed by atoms with Crippen molar-refractivity contribution in [2.75, 3.05) is 13.2 Å². The van der Waals surface area contributed by atoms with E-state index in [4.69, 9.17) is 19.6 Å². The van der Waals surface area contributed by atoms with Gasteiger partial charge in [0, 0.05) is 22.8 Å². The Labute approximate surface area is 218 Å². The average Bonchev–Trinajstić information content (AvgIpc) is 3.47. The Bertz CT molecular complexity index is 1190. The molecule has 0 spiro atoms. The summed E-state index contributed by atoms with van der Waals surface area (Å²) in [4.78, 5) is 15.9. The fraction of sp³-hybridized carbons (Fsp3) is 0.467. The van der Waals surface area contributed by atoms with Gasteiger partial charge in [-0.05, 0) is 72.2 Å². The quantitative estimate of drug-likeness (QED) is 0.274. The topological polar surface area (TPSA) is 68.7 Å². The van der Waals surface area contributed by atoms with Gasteiger partial charge in [-0.15, -0.1) is 11.3 Å². The molecule has 1 N–H and O–H groups in total. The summed E-state index contributed by atoms with van der Waals surface area (Å²) in [5.74, 6) is 1.18. The van der Waals surface area contributed by atoms with Gasteiger partial charge >= 0.3 is 5.97 Å². The molecule has 0 amide bonds. The highest BCUT2D eigenvalue weighted by atomic mass is 32.1. The summed E-state index contributed by atoms with van der Waals surface area (Å²) in [7, 11) is 0. The van der Waals surface area contributed by atoms with Crippen LogP contribution >= 0.6 is 11.3 Å². The Hall–Kier alpha value is -2.86. The van der Waals surface area contributed by atoms with Crippen molar-refractivity contribution in [1.29, 1.82) is 0 Å². The Balaban J connectivity index is 1.30. The molecule has 0 fully saturated rings. The number of hydrogen-bond donors (Lipinski definition) is 1. The van der Waals surface area contributed by atoms with E-state index >= 15 is 0 Å². The van der Waals surface area contributed by atoms with Gasteiger partial charge in [0.2, 0.25) is 0 Å². The molecule has 1 atom stereocenters. The molecule has 2 aromatic carbocycles. The smallest absolute Gasteiger partial charge is 0.303 e. The van der Waals surface area contributed by atoms with Crippen LogP contribution < -0.4 is 9.47 Å². The maximum absolute atomic E-state index is 11.1. The number of aryl methyl sites for hydroxylation is 2. The van der Waals surface area contributed by atoms with E-state index < -0.39 is 5.97 Å². The van der Waals surface area contributed by atoms with Crippen LogP contribution in [0, 0.1) is 0 Å². The normalized spacial score (nSPS) is 15.1. The molecule has 0 aliphatic heterocycles. The van der Waals surface area contributed by atoms with Crippen molar-refractivity contribution in [2.45, 2.75) is 77.6 Å². The van der Waals surface area contributed by atoms with E-state index in [1.807, 2.05) is 12.1 Å². The third kappa shape index (κ3) is 6.47.